The zero-order valence-electron chi connectivity index (χ0n) is 14.5. The fourth-order valence-electron chi connectivity index (χ4n) is 2.92. The normalized spacial score (nSPS) is 11.1. The Bertz CT molecular complexity index is 1270. The number of aryl methyl sites for hydroxylation is 1. The first-order valence-electron chi connectivity index (χ1n) is 8.21. The van der Waals surface area contributed by atoms with Gasteiger partial charge in [-0.25, -0.2) is 23.7 Å². The van der Waals surface area contributed by atoms with Crippen LogP contribution in [-0.4, -0.2) is 25.4 Å². The quantitative estimate of drug-likeness (QED) is 0.554. The highest BCUT2D eigenvalue weighted by Gasteiger charge is 2.22. The van der Waals surface area contributed by atoms with E-state index in [4.69, 9.17) is 17.3 Å². The van der Waals surface area contributed by atoms with Crippen LogP contribution in [-0.2, 0) is 0 Å². The maximum atomic E-state index is 14.4. The fraction of sp³-hybridized carbons (Fsp3) is 0.0526. The van der Waals surface area contributed by atoms with Crippen molar-refractivity contribution in [3.05, 3.63) is 75.0 Å². The van der Waals surface area contributed by atoms with Crippen molar-refractivity contribution >= 4 is 28.7 Å². The predicted molar refractivity (Wildman–Crippen MR) is 103 cm³/mol. The van der Waals surface area contributed by atoms with Gasteiger partial charge in [-0.2, -0.15) is 0 Å². The number of nitrogens with one attached hydrogen (secondary N) is 1. The van der Waals surface area contributed by atoms with Crippen molar-refractivity contribution in [2.24, 2.45) is 5.73 Å². The lowest BCUT2D eigenvalue weighted by Gasteiger charge is -2.08. The van der Waals surface area contributed by atoms with Crippen LogP contribution in [0.2, 0.25) is 5.02 Å². The van der Waals surface area contributed by atoms with E-state index in [1.165, 1.54) is 22.8 Å². The van der Waals surface area contributed by atoms with Crippen LogP contribution in [0.3, 0.4) is 0 Å². The van der Waals surface area contributed by atoms with Crippen LogP contribution in [0.4, 0.5) is 4.39 Å². The number of carbonyl (C=O) groups excluding carboxylic acids is 1. The molecule has 0 aliphatic carbocycles. The summed E-state index contributed by atoms with van der Waals surface area (Å²) in [5, 5.41) is 0.0644. The smallest absolute Gasteiger partial charge is 0.332 e. The highest BCUT2D eigenvalue weighted by molar-refractivity contribution is 6.33. The minimum Gasteiger partial charge on any atom is -0.364 e. The Balaban J connectivity index is 2.10. The van der Waals surface area contributed by atoms with Gasteiger partial charge in [-0.3, -0.25) is 4.79 Å². The van der Waals surface area contributed by atoms with Gasteiger partial charge in [-0.05, 0) is 31.2 Å². The highest BCUT2D eigenvalue weighted by Crippen LogP contribution is 2.29. The van der Waals surface area contributed by atoms with E-state index in [0.717, 1.165) is 5.56 Å². The summed E-state index contributed by atoms with van der Waals surface area (Å²) < 4.78 is 15.7. The summed E-state index contributed by atoms with van der Waals surface area (Å²) in [4.78, 5) is 35.4. The number of rotatable bonds is 3. The molecule has 1 amide bonds. The molecular formula is C19H13ClFN5O2. The average Bonchev–Trinajstić information content (AvgIpc) is 2.97. The molecule has 0 saturated heterocycles. The third-order valence-corrected chi connectivity index (χ3v) is 4.56. The molecule has 0 aliphatic rings. The molecule has 0 saturated carbocycles. The summed E-state index contributed by atoms with van der Waals surface area (Å²) >= 11 is 6.11. The Hall–Kier alpha value is -3.52. The molecule has 3 N–H and O–H groups in total. The van der Waals surface area contributed by atoms with Gasteiger partial charge in [0.05, 0.1) is 16.3 Å². The minimum absolute atomic E-state index is 0.0642. The van der Waals surface area contributed by atoms with Crippen molar-refractivity contribution in [2.75, 3.05) is 0 Å². The summed E-state index contributed by atoms with van der Waals surface area (Å²) in [6.45, 7) is 1.91. The van der Waals surface area contributed by atoms with Crippen LogP contribution in [0.1, 0.15) is 16.1 Å². The predicted octanol–water partition coefficient (Wildman–Crippen LogP) is 2.98. The number of nitrogens with two attached hydrogens (primary N) is 1. The van der Waals surface area contributed by atoms with Gasteiger partial charge >= 0.3 is 5.69 Å². The molecule has 2 heterocycles. The van der Waals surface area contributed by atoms with E-state index < -0.39 is 17.4 Å². The average molecular weight is 398 g/mol. The number of halogens is 2. The van der Waals surface area contributed by atoms with Crippen LogP contribution in [0, 0.1) is 12.7 Å². The number of hydrogen-bond donors (Lipinski definition) is 2. The number of primary amides is 1. The molecule has 28 heavy (non-hydrogen) atoms. The van der Waals surface area contributed by atoms with Gasteiger partial charge in [0, 0.05) is 0 Å². The van der Waals surface area contributed by atoms with Crippen LogP contribution in [0.5, 0.6) is 0 Å². The lowest BCUT2D eigenvalue weighted by molar-refractivity contribution is 0.0997. The molecule has 0 bridgehead atoms. The molecule has 4 rings (SSSR count). The molecule has 7 nitrogen and oxygen atoms in total. The maximum Gasteiger partial charge on any atom is 0.332 e. The zero-order chi connectivity index (χ0) is 20.0. The molecular weight excluding hydrogens is 385 g/mol. The van der Waals surface area contributed by atoms with Gasteiger partial charge in [0.15, 0.2) is 17.2 Å². The van der Waals surface area contributed by atoms with Gasteiger partial charge in [0.2, 0.25) is 0 Å². The van der Waals surface area contributed by atoms with Crippen LogP contribution in [0.25, 0.3) is 28.2 Å². The SMILES string of the molecule is Cc1ccc(-n2c(=O)[nH]c3c(C(N)=O)nc(-c4c(F)cccc4Cl)nc32)cc1. The van der Waals surface area contributed by atoms with E-state index in [1.54, 1.807) is 12.1 Å². The number of imidazole rings is 1. The molecule has 0 fully saturated rings. The van der Waals surface area contributed by atoms with Crippen LogP contribution >= 0.6 is 11.6 Å². The standard InChI is InChI=1S/C19H13ClFN5O2/c1-9-5-7-10(8-6-9)26-18-15(24-19(26)28)14(16(22)27)23-17(25-18)13-11(20)3-2-4-12(13)21/h2-8H,1H3,(H2,22,27)(H,24,28). The molecule has 0 atom stereocenters. The molecule has 0 aliphatic heterocycles. The molecule has 0 unspecified atom stereocenters. The van der Waals surface area contributed by atoms with Crippen molar-refractivity contribution in [3.63, 3.8) is 0 Å². The molecule has 0 spiro atoms. The second-order valence-corrected chi connectivity index (χ2v) is 6.56. The number of H-pyrrole nitrogens is 1. The Morgan fingerprint density at radius 1 is 1.18 bits per heavy atom. The second kappa shape index (κ2) is 6.58. The fourth-order valence-corrected chi connectivity index (χ4v) is 3.17. The van der Waals surface area contributed by atoms with Crippen molar-refractivity contribution in [1.82, 2.24) is 19.5 Å². The topological polar surface area (TPSA) is 107 Å². The Morgan fingerprint density at radius 3 is 2.54 bits per heavy atom. The summed E-state index contributed by atoms with van der Waals surface area (Å²) in [5.41, 5.74) is 6.25. The number of aromatic nitrogens is 4. The summed E-state index contributed by atoms with van der Waals surface area (Å²) in [7, 11) is 0. The summed E-state index contributed by atoms with van der Waals surface area (Å²) in [5.74, 6) is -1.70. The number of carbonyl (C=O) groups is 1. The van der Waals surface area contributed by atoms with E-state index in [1.807, 2.05) is 19.1 Å². The summed E-state index contributed by atoms with van der Waals surface area (Å²) in [6.07, 6.45) is 0. The monoisotopic (exact) mass is 397 g/mol. The van der Waals surface area contributed by atoms with Crippen molar-refractivity contribution in [1.29, 1.82) is 0 Å². The third kappa shape index (κ3) is 2.84. The maximum absolute atomic E-state index is 14.4. The van der Waals surface area contributed by atoms with Crippen LogP contribution < -0.4 is 11.4 Å². The van der Waals surface area contributed by atoms with Crippen molar-refractivity contribution in [2.45, 2.75) is 6.92 Å². The number of aromatic amines is 1. The van der Waals surface area contributed by atoms with Crippen LogP contribution in [0.15, 0.2) is 47.3 Å². The first-order chi connectivity index (χ1) is 13.4. The molecule has 2 aromatic carbocycles. The van der Waals surface area contributed by atoms with Crippen molar-refractivity contribution < 1.29 is 9.18 Å². The van der Waals surface area contributed by atoms with Crippen molar-refractivity contribution in [3.8, 4) is 17.1 Å². The Morgan fingerprint density at radius 2 is 1.89 bits per heavy atom. The Labute approximate surface area is 162 Å². The first kappa shape index (κ1) is 17.9. The Kier molecular flexibility index (Phi) is 4.20. The van der Waals surface area contributed by atoms with Gasteiger partial charge in [-0.15, -0.1) is 0 Å². The van der Waals surface area contributed by atoms with Gasteiger partial charge in [0.1, 0.15) is 11.3 Å². The molecule has 140 valence electrons. The molecule has 0 radical (unpaired) electrons. The van der Waals surface area contributed by atoms with Gasteiger partial charge in [0.25, 0.3) is 5.91 Å². The second-order valence-electron chi connectivity index (χ2n) is 6.16. The number of hydrogen-bond acceptors (Lipinski definition) is 4. The lowest BCUT2D eigenvalue weighted by atomic mass is 10.2. The van der Waals surface area contributed by atoms with E-state index in [9.17, 15) is 14.0 Å². The first-order valence-corrected chi connectivity index (χ1v) is 8.58. The molecule has 9 heteroatoms. The number of nitrogens with zero attached hydrogens (tertiary/aromatic N) is 3. The molecule has 2 aromatic heterocycles. The molecule has 4 aromatic rings. The van der Waals surface area contributed by atoms with E-state index in [-0.39, 0.29) is 33.3 Å². The van der Waals surface area contributed by atoms with E-state index in [2.05, 4.69) is 15.0 Å². The van der Waals surface area contributed by atoms with Gasteiger partial charge in [-0.1, -0.05) is 35.4 Å². The zero-order valence-corrected chi connectivity index (χ0v) is 15.3. The third-order valence-electron chi connectivity index (χ3n) is 4.25. The minimum atomic E-state index is -0.890. The lowest BCUT2D eigenvalue weighted by Crippen LogP contribution is -2.15. The number of amides is 1. The van der Waals surface area contributed by atoms with E-state index in [0.29, 0.717) is 5.69 Å². The van der Waals surface area contributed by atoms with Gasteiger partial charge < -0.3 is 10.7 Å². The highest BCUT2D eigenvalue weighted by atomic mass is 35.5. The number of fused-ring (bicyclic) bond motifs is 1. The largest absolute Gasteiger partial charge is 0.364 e. The summed E-state index contributed by atoms with van der Waals surface area (Å²) in [6, 6.07) is 11.2. The van der Waals surface area contributed by atoms with E-state index >= 15 is 0 Å². The number of benzene rings is 2.